The first-order valence-electron chi connectivity index (χ1n) is 8.84. The predicted molar refractivity (Wildman–Crippen MR) is 103 cm³/mol. The predicted octanol–water partition coefficient (Wildman–Crippen LogP) is 3.49. The quantitative estimate of drug-likeness (QED) is 0.893. The Balaban J connectivity index is 1.83. The maximum Gasteiger partial charge on any atom is 0.243 e. The van der Waals surface area contributed by atoms with Crippen molar-refractivity contribution in [2.45, 2.75) is 44.0 Å². The topological polar surface area (TPSA) is 66.5 Å². The smallest absolute Gasteiger partial charge is 0.243 e. The summed E-state index contributed by atoms with van der Waals surface area (Å²) in [5.41, 5.74) is 2.78. The van der Waals surface area contributed by atoms with Gasteiger partial charge in [0.25, 0.3) is 0 Å². The number of aryl methyl sites for hydroxylation is 2. The van der Waals surface area contributed by atoms with E-state index >= 15 is 0 Å². The van der Waals surface area contributed by atoms with E-state index in [-0.39, 0.29) is 10.8 Å². The minimum atomic E-state index is -3.70. The van der Waals surface area contributed by atoms with Crippen molar-refractivity contribution < 1.29 is 13.2 Å². The molecule has 0 unspecified atom stereocenters. The van der Waals surface area contributed by atoms with Gasteiger partial charge in [-0.3, -0.25) is 4.79 Å². The number of nitrogens with one attached hydrogen (secondary N) is 1. The number of anilines is 1. The average Bonchev–Trinajstić information content (AvgIpc) is 2.64. The van der Waals surface area contributed by atoms with Crippen molar-refractivity contribution in [3.05, 3.63) is 59.7 Å². The van der Waals surface area contributed by atoms with Crippen LogP contribution in [0.25, 0.3) is 0 Å². The summed E-state index contributed by atoms with van der Waals surface area (Å²) < 4.78 is 27.5. The number of carbonyl (C=O) groups is 1. The fourth-order valence-corrected chi connectivity index (χ4v) is 4.82. The van der Waals surface area contributed by atoms with Crippen LogP contribution in [0, 0.1) is 13.8 Å². The maximum absolute atomic E-state index is 13.1. The number of sulfonamides is 1. The summed E-state index contributed by atoms with van der Waals surface area (Å²) >= 11 is 0. The van der Waals surface area contributed by atoms with E-state index < -0.39 is 16.1 Å². The number of benzene rings is 2. The summed E-state index contributed by atoms with van der Waals surface area (Å²) in [6, 6.07) is 13.6. The molecule has 1 heterocycles. The molecule has 1 aliphatic rings. The normalized spacial score (nSPS) is 18.5. The highest BCUT2D eigenvalue weighted by Gasteiger charge is 2.37. The Morgan fingerprint density at radius 1 is 0.962 bits per heavy atom. The lowest BCUT2D eigenvalue weighted by molar-refractivity contribution is -0.120. The highest BCUT2D eigenvalue weighted by molar-refractivity contribution is 7.89. The summed E-state index contributed by atoms with van der Waals surface area (Å²) in [6.45, 7) is 4.25. The fourth-order valence-electron chi connectivity index (χ4n) is 3.16. The molecule has 1 aliphatic heterocycles. The van der Waals surface area contributed by atoms with Crippen molar-refractivity contribution in [3.8, 4) is 0 Å². The standard InChI is InChI=1S/C20H24N2O3S/c1-15-6-10-17(11-7-15)21-20(23)19-5-3-4-14-22(19)26(24,25)18-12-8-16(2)9-13-18/h6-13,19H,3-5,14H2,1-2H3,(H,21,23)/t19-/m1/s1. The zero-order valence-corrected chi connectivity index (χ0v) is 15.9. The molecule has 26 heavy (non-hydrogen) atoms. The van der Waals surface area contributed by atoms with Crippen LogP contribution in [0.1, 0.15) is 30.4 Å². The van der Waals surface area contributed by atoms with Gasteiger partial charge in [-0.25, -0.2) is 8.42 Å². The Morgan fingerprint density at radius 3 is 2.15 bits per heavy atom. The van der Waals surface area contributed by atoms with Crippen LogP contribution in [0.3, 0.4) is 0 Å². The van der Waals surface area contributed by atoms with E-state index in [9.17, 15) is 13.2 Å². The molecule has 2 aromatic carbocycles. The Hall–Kier alpha value is -2.18. The zero-order chi connectivity index (χ0) is 18.7. The molecule has 138 valence electrons. The lowest BCUT2D eigenvalue weighted by Crippen LogP contribution is -2.49. The second-order valence-electron chi connectivity index (χ2n) is 6.80. The number of hydrogen-bond donors (Lipinski definition) is 1. The lowest BCUT2D eigenvalue weighted by atomic mass is 10.0. The van der Waals surface area contributed by atoms with E-state index in [1.807, 2.05) is 38.1 Å². The molecule has 0 aromatic heterocycles. The van der Waals surface area contributed by atoms with Crippen LogP contribution in [0.5, 0.6) is 0 Å². The van der Waals surface area contributed by atoms with Crippen LogP contribution in [-0.2, 0) is 14.8 Å². The average molecular weight is 372 g/mol. The summed E-state index contributed by atoms with van der Waals surface area (Å²) in [4.78, 5) is 13.0. The molecule has 5 nitrogen and oxygen atoms in total. The molecule has 1 amide bonds. The fraction of sp³-hybridized carbons (Fsp3) is 0.350. The van der Waals surface area contributed by atoms with Crippen LogP contribution in [-0.4, -0.2) is 31.2 Å². The van der Waals surface area contributed by atoms with E-state index in [0.29, 0.717) is 18.7 Å². The highest BCUT2D eigenvalue weighted by atomic mass is 32.2. The Bertz CT molecular complexity index is 874. The number of rotatable bonds is 4. The van der Waals surface area contributed by atoms with Gasteiger partial charge >= 0.3 is 0 Å². The zero-order valence-electron chi connectivity index (χ0n) is 15.1. The third-order valence-corrected chi connectivity index (χ3v) is 6.63. The molecule has 1 fully saturated rings. The summed E-state index contributed by atoms with van der Waals surface area (Å²) in [7, 11) is -3.70. The molecule has 6 heteroatoms. The molecule has 0 bridgehead atoms. The molecule has 2 aromatic rings. The van der Waals surface area contributed by atoms with Crippen LogP contribution in [0.15, 0.2) is 53.4 Å². The SMILES string of the molecule is Cc1ccc(NC(=O)[C@H]2CCCCN2S(=O)(=O)c2ccc(C)cc2)cc1. The van der Waals surface area contributed by atoms with Gasteiger partial charge in [-0.05, 0) is 51.0 Å². The molecule has 0 radical (unpaired) electrons. The first-order chi connectivity index (χ1) is 12.4. The molecule has 0 spiro atoms. The molecule has 1 N–H and O–H groups in total. The minimum Gasteiger partial charge on any atom is -0.325 e. The molecular weight excluding hydrogens is 348 g/mol. The number of carbonyl (C=O) groups excluding carboxylic acids is 1. The van der Waals surface area contributed by atoms with Crippen LogP contribution in [0.2, 0.25) is 0 Å². The molecule has 1 atom stereocenters. The van der Waals surface area contributed by atoms with Crippen LogP contribution in [0.4, 0.5) is 5.69 Å². The summed E-state index contributed by atoms with van der Waals surface area (Å²) in [5.74, 6) is -0.274. The van der Waals surface area contributed by atoms with Gasteiger partial charge < -0.3 is 5.32 Å². The summed E-state index contributed by atoms with van der Waals surface area (Å²) in [5, 5.41) is 2.86. The minimum absolute atomic E-state index is 0.234. The first kappa shape index (κ1) is 18.6. The second kappa shape index (κ2) is 7.60. The first-order valence-corrected chi connectivity index (χ1v) is 10.3. The van der Waals surface area contributed by atoms with Gasteiger partial charge in [0.1, 0.15) is 6.04 Å². The molecule has 3 rings (SSSR count). The Morgan fingerprint density at radius 2 is 1.54 bits per heavy atom. The van der Waals surface area contributed by atoms with E-state index in [0.717, 1.165) is 24.0 Å². The number of hydrogen-bond acceptors (Lipinski definition) is 3. The van der Waals surface area contributed by atoms with E-state index in [2.05, 4.69) is 5.32 Å². The monoisotopic (exact) mass is 372 g/mol. The third-order valence-electron chi connectivity index (χ3n) is 4.70. The van der Waals surface area contributed by atoms with Crippen LogP contribution < -0.4 is 5.32 Å². The molecule has 1 saturated heterocycles. The van der Waals surface area contributed by atoms with Crippen molar-refractivity contribution in [1.29, 1.82) is 0 Å². The summed E-state index contributed by atoms with van der Waals surface area (Å²) in [6.07, 6.45) is 2.13. The highest BCUT2D eigenvalue weighted by Crippen LogP contribution is 2.26. The van der Waals surface area contributed by atoms with Gasteiger partial charge in [0.15, 0.2) is 0 Å². The van der Waals surface area contributed by atoms with Gasteiger partial charge in [0.2, 0.25) is 15.9 Å². The van der Waals surface area contributed by atoms with Crippen molar-refractivity contribution in [3.63, 3.8) is 0 Å². The van der Waals surface area contributed by atoms with E-state index in [1.165, 1.54) is 4.31 Å². The van der Waals surface area contributed by atoms with Gasteiger partial charge in [-0.15, -0.1) is 0 Å². The van der Waals surface area contributed by atoms with E-state index in [1.54, 1.807) is 24.3 Å². The Labute approximate surface area is 155 Å². The van der Waals surface area contributed by atoms with Gasteiger partial charge in [0, 0.05) is 12.2 Å². The number of nitrogens with zero attached hydrogens (tertiary/aromatic N) is 1. The molecular formula is C20H24N2O3S. The third kappa shape index (κ3) is 3.97. The van der Waals surface area contributed by atoms with Gasteiger partial charge in [-0.2, -0.15) is 4.31 Å². The largest absolute Gasteiger partial charge is 0.325 e. The maximum atomic E-state index is 13.1. The number of amides is 1. The van der Waals surface area contributed by atoms with Gasteiger partial charge in [0.05, 0.1) is 4.90 Å². The second-order valence-corrected chi connectivity index (χ2v) is 8.69. The molecule has 0 saturated carbocycles. The van der Waals surface area contributed by atoms with Crippen molar-refractivity contribution in [2.24, 2.45) is 0 Å². The van der Waals surface area contributed by atoms with Crippen molar-refractivity contribution in [2.75, 3.05) is 11.9 Å². The van der Waals surface area contributed by atoms with Crippen LogP contribution >= 0.6 is 0 Å². The van der Waals surface area contributed by atoms with E-state index in [4.69, 9.17) is 0 Å². The van der Waals surface area contributed by atoms with Crippen molar-refractivity contribution >= 4 is 21.6 Å². The van der Waals surface area contributed by atoms with Crippen molar-refractivity contribution in [1.82, 2.24) is 4.31 Å². The number of piperidine rings is 1. The van der Waals surface area contributed by atoms with Gasteiger partial charge in [-0.1, -0.05) is 41.8 Å². The molecule has 0 aliphatic carbocycles. The lowest BCUT2D eigenvalue weighted by Gasteiger charge is -2.33. The Kier molecular flexibility index (Phi) is 5.44.